The quantitative estimate of drug-likeness (QED) is 0.573. The maximum atomic E-state index is 9.10. The highest BCUT2D eigenvalue weighted by atomic mass is 32.2. The molecule has 3 heteroatoms. The minimum atomic E-state index is 0.0854. The second-order valence-corrected chi connectivity index (χ2v) is 6.34. The van der Waals surface area contributed by atoms with Gasteiger partial charge in [0, 0.05) is 9.80 Å². The molecule has 0 spiro atoms. The molecule has 1 saturated heterocycles. The molecular formula is C20H29NOS. The van der Waals surface area contributed by atoms with E-state index >= 15 is 0 Å². The molecule has 2 N–H and O–H groups in total. The van der Waals surface area contributed by atoms with Gasteiger partial charge in [0.1, 0.15) is 0 Å². The van der Waals surface area contributed by atoms with Crippen molar-refractivity contribution < 1.29 is 5.11 Å². The molecule has 1 heterocycles. The number of allylic oxidation sites excluding steroid dienone is 3. The van der Waals surface area contributed by atoms with Crippen molar-refractivity contribution in [2.75, 3.05) is 13.1 Å². The molecule has 0 amide bonds. The standard InChI is InChI=1S/C18H23NOS.C2H6/c1-3-4-18(14(2)16-9-11-19-12-10-16)21-17-7-5-15(13-20)6-8-17;1-2/h3-8,16,19-20H,1-2,9-13H2;1-2H3/b18-4+;. The van der Waals surface area contributed by atoms with E-state index < -0.39 is 0 Å². The Bertz CT molecular complexity index is 513. The molecule has 1 aromatic carbocycles. The molecule has 2 rings (SSSR count). The van der Waals surface area contributed by atoms with Gasteiger partial charge < -0.3 is 10.4 Å². The van der Waals surface area contributed by atoms with Crippen molar-refractivity contribution in [2.24, 2.45) is 5.92 Å². The number of aliphatic hydroxyl groups is 1. The molecule has 1 aromatic rings. The molecule has 0 aromatic heterocycles. The van der Waals surface area contributed by atoms with Gasteiger partial charge in [-0.25, -0.2) is 0 Å². The molecule has 0 aliphatic carbocycles. The van der Waals surface area contributed by atoms with E-state index in [-0.39, 0.29) is 6.61 Å². The van der Waals surface area contributed by atoms with E-state index in [0.717, 1.165) is 36.4 Å². The second-order valence-electron chi connectivity index (χ2n) is 5.22. The molecule has 2 nitrogen and oxygen atoms in total. The fraction of sp³-hybridized carbons (Fsp3) is 0.400. The van der Waals surface area contributed by atoms with Gasteiger partial charge in [-0.3, -0.25) is 0 Å². The molecule has 126 valence electrons. The lowest BCUT2D eigenvalue weighted by atomic mass is 9.90. The summed E-state index contributed by atoms with van der Waals surface area (Å²) in [6.07, 6.45) is 6.18. The van der Waals surface area contributed by atoms with Crippen molar-refractivity contribution >= 4 is 11.8 Å². The minimum absolute atomic E-state index is 0.0854. The number of benzene rings is 1. The van der Waals surface area contributed by atoms with Gasteiger partial charge in [-0.15, -0.1) is 0 Å². The summed E-state index contributed by atoms with van der Waals surface area (Å²) < 4.78 is 0. The first-order valence-corrected chi connectivity index (χ1v) is 9.16. The first-order valence-electron chi connectivity index (χ1n) is 8.35. The van der Waals surface area contributed by atoms with E-state index in [9.17, 15) is 0 Å². The first kappa shape index (κ1) is 19.8. The van der Waals surface area contributed by atoms with Gasteiger partial charge in [0.2, 0.25) is 0 Å². The Morgan fingerprint density at radius 3 is 2.39 bits per heavy atom. The highest BCUT2D eigenvalue weighted by Gasteiger charge is 2.19. The zero-order chi connectivity index (χ0) is 17.1. The highest BCUT2D eigenvalue weighted by molar-refractivity contribution is 8.03. The zero-order valence-corrected chi connectivity index (χ0v) is 15.2. The van der Waals surface area contributed by atoms with Crippen molar-refractivity contribution in [1.82, 2.24) is 5.32 Å². The number of nitrogens with one attached hydrogen (secondary N) is 1. The lowest BCUT2D eigenvalue weighted by molar-refractivity contribution is 0.282. The number of aliphatic hydroxyl groups excluding tert-OH is 1. The Balaban J connectivity index is 0.00000127. The summed E-state index contributed by atoms with van der Waals surface area (Å²) in [5.74, 6) is 0.557. The van der Waals surface area contributed by atoms with Crippen LogP contribution in [0.5, 0.6) is 0 Å². The predicted molar refractivity (Wildman–Crippen MR) is 103 cm³/mol. The molecule has 1 fully saturated rings. The first-order chi connectivity index (χ1) is 11.2. The Morgan fingerprint density at radius 2 is 1.87 bits per heavy atom. The van der Waals surface area contributed by atoms with Crippen LogP contribution in [0, 0.1) is 5.92 Å². The fourth-order valence-electron chi connectivity index (χ4n) is 2.48. The van der Waals surface area contributed by atoms with E-state index in [2.05, 4.69) is 24.6 Å². The molecule has 23 heavy (non-hydrogen) atoms. The number of piperidine rings is 1. The van der Waals surface area contributed by atoms with Crippen LogP contribution in [0.25, 0.3) is 0 Å². The van der Waals surface area contributed by atoms with Crippen molar-refractivity contribution in [3.8, 4) is 0 Å². The lowest BCUT2D eigenvalue weighted by Gasteiger charge is -2.25. The van der Waals surface area contributed by atoms with Gasteiger partial charge >= 0.3 is 0 Å². The number of hydrogen-bond acceptors (Lipinski definition) is 3. The lowest BCUT2D eigenvalue weighted by Crippen LogP contribution is -2.28. The van der Waals surface area contributed by atoms with Crippen molar-refractivity contribution in [1.29, 1.82) is 0 Å². The molecule has 1 aliphatic rings. The molecule has 0 atom stereocenters. The molecule has 0 saturated carbocycles. The Hall–Kier alpha value is -1.29. The monoisotopic (exact) mass is 331 g/mol. The van der Waals surface area contributed by atoms with Gasteiger partial charge in [-0.2, -0.15) is 0 Å². The van der Waals surface area contributed by atoms with E-state index in [1.807, 2.05) is 44.2 Å². The number of hydrogen-bond donors (Lipinski definition) is 2. The molecular weight excluding hydrogens is 302 g/mol. The van der Waals surface area contributed by atoms with Crippen LogP contribution < -0.4 is 5.32 Å². The van der Waals surface area contributed by atoms with Gasteiger partial charge in [-0.1, -0.05) is 57.0 Å². The van der Waals surface area contributed by atoms with Gasteiger partial charge in [0.05, 0.1) is 6.61 Å². The van der Waals surface area contributed by atoms with Crippen LogP contribution in [0.3, 0.4) is 0 Å². The Morgan fingerprint density at radius 1 is 1.26 bits per heavy atom. The van der Waals surface area contributed by atoms with E-state index in [0.29, 0.717) is 5.92 Å². The van der Waals surface area contributed by atoms with E-state index in [1.165, 1.54) is 10.5 Å². The number of thioether (sulfide) groups is 1. The van der Waals surface area contributed by atoms with Crippen LogP contribution in [0.2, 0.25) is 0 Å². The summed E-state index contributed by atoms with van der Waals surface area (Å²) >= 11 is 1.72. The molecule has 0 bridgehead atoms. The third kappa shape index (κ3) is 6.38. The van der Waals surface area contributed by atoms with Crippen LogP contribution in [-0.2, 0) is 6.61 Å². The van der Waals surface area contributed by atoms with E-state index in [1.54, 1.807) is 11.8 Å². The van der Waals surface area contributed by atoms with Gasteiger partial charge in [0.25, 0.3) is 0 Å². The van der Waals surface area contributed by atoms with Crippen LogP contribution >= 0.6 is 11.8 Å². The summed E-state index contributed by atoms with van der Waals surface area (Å²) in [6.45, 7) is 14.4. The maximum absolute atomic E-state index is 9.10. The zero-order valence-electron chi connectivity index (χ0n) is 14.3. The van der Waals surface area contributed by atoms with Crippen LogP contribution in [0.4, 0.5) is 0 Å². The second kappa shape index (κ2) is 11.3. The van der Waals surface area contributed by atoms with Crippen molar-refractivity contribution in [2.45, 2.75) is 38.2 Å². The summed E-state index contributed by atoms with van der Waals surface area (Å²) in [4.78, 5) is 2.35. The van der Waals surface area contributed by atoms with Gasteiger partial charge in [0.15, 0.2) is 0 Å². The van der Waals surface area contributed by atoms with Crippen molar-refractivity contribution in [3.05, 3.63) is 65.6 Å². The molecule has 0 unspecified atom stereocenters. The van der Waals surface area contributed by atoms with E-state index in [4.69, 9.17) is 5.11 Å². The van der Waals surface area contributed by atoms with Crippen LogP contribution in [0.15, 0.2) is 64.9 Å². The van der Waals surface area contributed by atoms with Crippen LogP contribution in [0.1, 0.15) is 32.3 Å². The fourth-order valence-corrected chi connectivity index (χ4v) is 3.46. The maximum Gasteiger partial charge on any atom is 0.0681 e. The molecule has 1 aliphatic heterocycles. The number of rotatable bonds is 6. The normalized spacial score (nSPS) is 15.5. The average molecular weight is 332 g/mol. The summed E-state index contributed by atoms with van der Waals surface area (Å²) in [5.41, 5.74) is 2.15. The van der Waals surface area contributed by atoms with Gasteiger partial charge in [-0.05, 0) is 61.2 Å². The van der Waals surface area contributed by atoms with Crippen LogP contribution in [-0.4, -0.2) is 18.2 Å². The summed E-state index contributed by atoms with van der Waals surface area (Å²) in [7, 11) is 0. The minimum Gasteiger partial charge on any atom is -0.392 e. The average Bonchev–Trinajstić information content (AvgIpc) is 2.64. The van der Waals surface area contributed by atoms with Crippen molar-refractivity contribution in [3.63, 3.8) is 0 Å². The highest BCUT2D eigenvalue weighted by Crippen LogP contribution is 2.37. The predicted octanol–water partition coefficient (Wildman–Crippen LogP) is 4.92. The smallest absolute Gasteiger partial charge is 0.0681 e. The Kier molecular flexibility index (Phi) is 9.69. The largest absolute Gasteiger partial charge is 0.392 e. The summed E-state index contributed by atoms with van der Waals surface area (Å²) in [5, 5.41) is 12.5. The molecule has 0 radical (unpaired) electrons. The third-order valence-electron chi connectivity index (χ3n) is 3.75. The third-order valence-corrected chi connectivity index (χ3v) is 4.88. The topological polar surface area (TPSA) is 32.3 Å². The SMILES string of the molecule is C=C/C=C(/Sc1ccc(CO)cc1)C(=C)C1CCNCC1.CC. The summed E-state index contributed by atoms with van der Waals surface area (Å²) in [6, 6.07) is 8.01. The Labute approximate surface area is 145 Å².